The first-order valence-electron chi connectivity index (χ1n) is 10.4. The number of thiazole rings is 1. The molecule has 31 heavy (non-hydrogen) atoms. The summed E-state index contributed by atoms with van der Waals surface area (Å²) in [7, 11) is 1.64. The van der Waals surface area contributed by atoms with Crippen molar-refractivity contribution in [3.63, 3.8) is 0 Å². The standard InChI is InChI=1S/C23H27N3O3S2/c1-14(2)29-19-13-16(9-10-18(19)28-4)17-7-5-11-26(25-17)23(27)21-15(3)24-22(31-21)20-8-6-12-30-20/h6,8-10,12-14,17,25H,5,7,11H2,1-4H3. The van der Waals surface area contributed by atoms with Gasteiger partial charge in [0.15, 0.2) is 11.5 Å². The number of nitrogens with zero attached hydrogens (tertiary/aromatic N) is 2. The Morgan fingerprint density at radius 3 is 2.84 bits per heavy atom. The lowest BCUT2D eigenvalue weighted by atomic mass is 10.00. The van der Waals surface area contributed by atoms with Crippen molar-refractivity contribution in [1.82, 2.24) is 15.4 Å². The van der Waals surface area contributed by atoms with Gasteiger partial charge in [-0.2, -0.15) is 0 Å². The van der Waals surface area contributed by atoms with Crippen molar-refractivity contribution in [3.8, 4) is 21.4 Å². The van der Waals surface area contributed by atoms with Crippen LogP contribution in [0, 0.1) is 6.92 Å². The fourth-order valence-electron chi connectivity index (χ4n) is 3.65. The quantitative estimate of drug-likeness (QED) is 0.533. The van der Waals surface area contributed by atoms with Crippen LogP contribution < -0.4 is 14.9 Å². The molecule has 2 aromatic heterocycles. The van der Waals surface area contributed by atoms with Gasteiger partial charge >= 0.3 is 0 Å². The topological polar surface area (TPSA) is 63.7 Å². The highest BCUT2D eigenvalue weighted by Crippen LogP contribution is 2.35. The maximum Gasteiger partial charge on any atom is 0.279 e. The number of rotatable bonds is 6. The van der Waals surface area contributed by atoms with E-state index >= 15 is 0 Å². The lowest BCUT2D eigenvalue weighted by molar-refractivity contribution is 0.0537. The molecule has 164 valence electrons. The van der Waals surface area contributed by atoms with E-state index in [1.165, 1.54) is 11.3 Å². The molecule has 6 nitrogen and oxygen atoms in total. The third kappa shape index (κ3) is 4.76. The van der Waals surface area contributed by atoms with Gasteiger partial charge in [-0.3, -0.25) is 9.80 Å². The van der Waals surface area contributed by atoms with Gasteiger partial charge in [-0.1, -0.05) is 12.1 Å². The van der Waals surface area contributed by atoms with Crippen molar-refractivity contribution in [2.75, 3.05) is 13.7 Å². The zero-order valence-electron chi connectivity index (χ0n) is 18.2. The number of aryl methyl sites for hydroxylation is 1. The fourth-order valence-corrected chi connectivity index (χ4v) is 5.46. The first-order valence-corrected chi connectivity index (χ1v) is 12.1. The van der Waals surface area contributed by atoms with E-state index in [-0.39, 0.29) is 18.1 Å². The maximum atomic E-state index is 13.3. The van der Waals surface area contributed by atoms with Crippen LogP contribution in [0.3, 0.4) is 0 Å². The van der Waals surface area contributed by atoms with Crippen LogP contribution in [0.5, 0.6) is 11.5 Å². The third-order valence-electron chi connectivity index (χ3n) is 5.11. The van der Waals surface area contributed by atoms with Crippen molar-refractivity contribution in [3.05, 3.63) is 51.8 Å². The molecule has 3 aromatic rings. The van der Waals surface area contributed by atoms with Gasteiger partial charge < -0.3 is 9.47 Å². The molecule has 1 fully saturated rings. The average Bonchev–Trinajstić information content (AvgIpc) is 3.42. The predicted octanol–water partition coefficient (Wildman–Crippen LogP) is 5.46. The highest BCUT2D eigenvalue weighted by molar-refractivity contribution is 7.22. The molecule has 0 spiro atoms. The van der Waals surface area contributed by atoms with Crippen molar-refractivity contribution < 1.29 is 14.3 Å². The van der Waals surface area contributed by atoms with Crippen LogP contribution in [0.1, 0.15) is 53.7 Å². The van der Waals surface area contributed by atoms with Crippen LogP contribution >= 0.6 is 22.7 Å². The van der Waals surface area contributed by atoms with Gasteiger partial charge in [0.2, 0.25) is 0 Å². The zero-order chi connectivity index (χ0) is 22.0. The number of hydrogen-bond acceptors (Lipinski definition) is 7. The second kappa shape index (κ2) is 9.38. The van der Waals surface area contributed by atoms with E-state index in [1.807, 2.05) is 56.5 Å². The molecule has 0 bridgehead atoms. The van der Waals surface area contributed by atoms with Crippen molar-refractivity contribution in [2.24, 2.45) is 0 Å². The molecule has 1 saturated heterocycles. The molecule has 0 radical (unpaired) electrons. The summed E-state index contributed by atoms with van der Waals surface area (Å²) in [6.45, 7) is 6.56. The van der Waals surface area contributed by atoms with E-state index in [1.54, 1.807) is 23.5 Å². The lowest BCUT2D eigenvalue weighted by Gasteiger charge is -2.34. The van der Waals surface area contributed by atoms with Crippen LogP contribution in [0.15, 0.2) is 35.7 Å². The van der Waals surface area contributed by atoms with E-state index in [0.717, 1.165) is 39.7 Å². The molecule has 0 aliphatic carbocycles. The third-order valence-corrected chi connectivity index (χ3v) is 7.29. The monoisotopic (exact) mass is 457 g/mol. The van der Waals surface area contributed by atoms with Crippen LogP contribution in [0.4, 0.5) is 0 Å². The van der Waals surface area contributed by atoms with Gasteiger partial charge in [-0.15, -0.1) is 22.7 Å². The normalized spacial score (nSPS) is 16.5. The smallest absolute Gasteiger partial charge is 0.279 e. The molecule has 8 heteroatoms. The van der Waals surface area contributed by atoms with Gasteiger partial charge in [0.25, 0.3) is 5.91 Å². The summed E-state index contributed by atoms with van der Waals surface area (Å²) in [4.78, 5) is 19.7. The van der Waals surface area contributed by atoms with Crippen LogP contribution in [0.25, 0.3) is 9.88 Å². The van der Waals surface area contributed by atoms with Crippen molar-refractivity contribution in [1.29, 1.82) is 0 Å². The summed E-state index contributed by atoms with van der Waals surface area (Å²) in [6.07, 6.45) is 1.92. The van der Waals surface area contributed by atoms with Gasteiger partial charge in [-0.05, 0) is 62.8 Å². The summed E-state index contributed by atoms with van der Waals surface area (Å²) in [6, 6.07) is 10.0. The van der Waals surface area contributed by atoms with Crippen LogP contribution in [0.2, 0.25) is 0 Å². The molecule has 1 N–H and O–H groups in total. The summed E-state index contributed by atoms with van der Waals surface area (Å²) in [5.74, 6) is 1.41. The van der Waals surface area contributed by atoms with Crippen LogP contribution in [-0.4, -0.2) is 35.7 Å². The molecule has 0 saturated carbocycles. The predicted molar refractivity (Wildman–Crippen MR) is 125 cm³/mol. The average molecular weight is 458 g/mol. The molecule has 1 unspecified atom stereocenters. The number of hydrogen-bond donors (Lipinski definition) is 1. The number of benzene rings is 1. The Hall–Kier alpha value is -2.42. The summed E-state index contributed by atoms with van der Waals surface area (Å²) in [5, 5.41) is 4.66. The Morgan fingerprint density at radius 2 is 2.13 bits per heavy atom. The lowest BCUT2D eigenvalue weighted by Crippen LogP contribution is -2.48. The number of aromatic nitrogens is 1. The Labute approximate surface area is 190 Å². The minimum absolute atomic E-state index is 0.0188. The van der Waals surface area contributed by atoms with E-state index in [2.05, 4.69) is 10.4 Å². The van der Waals surface area contributed by atoms with E-state index in [4.69, 9.17) is 9.47 Å². The number of hydrazine groups is 1. The largest absolute Gasteiger partial charge is 0.493 e. The van der Waals surface area contributed by atoms with E-state index in [0.29, 0.717) is 17.2 Å². The zero-order valence-corrected chi connectivity index (χ0v) is 19.8. The fraction of sp³-hybridized carbons (Fsp3) is 0.391. The maximum absolute atomic E-state index is 13.3. The Morgan fingerprint density at radius 1 is 1.29 bits per heavy atom. The highest BCUT2D eigenvalue weighted by Gasteiger charge is 2.28. The van der Waals surface area contributed by atoms with Gasteiger partial charge in [-0.25, -0.2) is 10.4 Å². The number of nitrogens with one attached hydrogen (secondary N) is 1. The Balaban J connectivity index is 1.53. The highest BCUT2D eigenvalue weighted by atomic mass is 32.1. The molecular weight excluding hydrogens is 430 g/mol. The molecule has 3 heterocycles. The second-order valence-electron chi connectivity index (χ2n) is 7.77. The minimum Gasteiger partial charge on any atom is -0.493 e. The van der Waals surface area contributed by atoms with Gasteiger partial charge in [0.1, 0.15) is 9.88 Å². The summed E-state index contributed by atoms with van der Waals surface area (Å²) in [5.41, 5.74) is 5.28. The number of carbonyl (C=O) groups excluding carboxylic acids is 1. The molecule has 1 amide bonds. The van der Waals surface area contributed by atoms with Crippen LogP contribution in [-0.2, 0) is 0 Å². The molecular formula is C23H27N3O3S2. The number of thiophene rings is 1. The number of amides is 1. The summed E-state index contributed by atoms with van der Waals surface area (Å²) < 4.78 is 11.4. The molecule has 1 aliphatic rings. The number of methoxy groups -OCH3 is 1. The second-order valence-corrected chi connectivity index (χ2v) is 9.72. The Bertz CT molecular complexity index is 1050. The first kappa shape index (κ1) is 21.8. The Kier molecular flexibility index (Phi) is 6.60. The molecule has 1 aromatic carbocycles. The molecule has 1 aliphatic heterocycles. The van der Waals surface area contributed by atoms with E-state index < -0.39 is 0 Å². The SMILES string of the molecule is COc1ccc(C2CCCN(C(=O)c3sc(-c4cccs4)nc3C)N2)cc1OC(C)C. The number of carbonyl (C=O) groups is 1. The molecule has 4 rings (SSSR count). The summed E-state index contributed by atoms with van der Waals surface area (Å²) >= 11 is 3.10. The van der Waals surface area contributed by atoms with E-state index in [9.17, 15) is 4.79 Å². The number of ether oxygens (including phenoxy) is 2. The van der Waals surface area contributed by atoms with Crippen molar-refractivity contribution in [2.45, 2.75) is 45.8 Å². The molecule has 1 atom stereocenters. The van der Waals surface area contributed by atoms with Crippen molar-refractivity contribution >= 4 is 28.6 Å². The minimum atomic E-state index is -0.0188. The first-order chi connectivity index (χ1) is 15.0. The van der Waals surface area contributed by atoms with Gasteiger partial charge in [0.05, 0.1) is 29.8 Å². The van der Waals surface area contributed by atoms with Gasteiger partial charge in [0, 0.05) is 6.54 Å².